The number of nitrogens with zero attached hydrogens (tertiary/aromatic N) is 5. The lowest BCUT2D eigenvalue weighted by molar-refractivity contribution is -0.129. The minimum absolute atomic E-state index is 0.0417. The fourth-order valence-corrected chi connectivity index (χ4v) is 5.60. The predicted octanol–water partition coefficient (Wildman–Crippen LogP) is 2.20. The van der Waals surface area contributed by atoms with Gasteiger partial charge in [0, 0.05) is 31.9 Å². The highest BCUT2D eigenvalue weighted by molar-refractivity contribution is 7.99. The molecular weight excluding hydrogens is 434 g/mol. The van der Waals surface area contributed by atoms with Gasteiger partial charge in [-0.3, -0.25) is 9.36 Å². The van der Waals surface area contributed by atoms with Crippen LogP contribution in [0.2, 0.25) is 0 Å². The van der Waals surface area contributed by atoms with Gasteiger partial charge in [-0.1, -0.05) is 47.7 Å². The second kappa shape index (κ2) is 9.21. The van der Waals surface area contributed by atoms with Crippen LogP contribution in [0.5, 0.6) is 0 Å². The number of rotatable bonds is 6. The third kappa shape index (κ3) is 4.81. The van der Waals surface area contributed by atoms with E-state index >= 15 is 0 Å². The molecular formula is C21H23N5O3S2. The van der Waals surface area contributed by atoms with E-state index in [0.29, 0.717) is 18.2 Å². The molecule has 31 heavy (non-hydrogen) atoms. The molecule has 0 atom stereocenters. The molecule has 2 heterocycles. The molecule has 162 valence electrons. The zero-order chi connectivity index (χ0) is 21.8. The van der Waals surface area contributed by atoms with E-state index in [-0.39, 0.29) is 29.6 Å². The van der Waals surface area contributed by atoms with Gasteiger partial charge in [-0.2, -0.15) is 4.31 Å². The number of carbonyl (C=O) groups is 1. The number of benzene rings is 2. The van der Waals surface area contributed by atoms with Crippen molar-refractivity contribution in [2.24, 2.45) is 0 Å². The second-order valence-corrected chi connectivity index (χ2v) is 10.1. The number of aryl methyl sites for hydroxylation is 1. The quantitative estimate of drug-likeness (QED) is 0.528. The van der Waals surface area contributed by atoms with Gasteiger partial charge in [0.15, 0.2) is 5.16 Å². The number of piperazine rings is 1. The summed E-state index contributed by atoms with van der Waals surface area (Å²) in [5, 5.41) is 8.70. The zero-order valence-electron chi connectivity index (χ0n) is 17.1. The molecule has 0 N–H and O–H groups in total. The molecule has 1 aliphatic rings. The van der Waals surface area contributed by atoms with Gasteiger partial charge in [0.25, 0.3) is 0 Å². The van der Waals surface area contributed by atoms with Gasteiger partial charge in [-0.25, -0.2) is 8.42 Å². The number of thioether (sulfide) groups is 1. The Balaban J connectivity index is 1.33. The first-order chi connectivity index (χ1) is 14.9. The van der Waals surface area contributed by atoms with E-state index in [1.54, 1.807) is 35.5 Å². The summed E-state index contributed by atoms with van der Waals surface area (Å²) in [4.78, 5) is 14.7. The lowest BCUT2D eigenvalue weighted by Crippen LogP contribution is -2.50. The van der Waals surface area contributed by atoms with Crippen molar-refractivity contribution in [2.75, 3.05) is 31.9 Å². The van der Waals surface area contributed by atoms with Gasteiger partial charge in [0.1, 0.15) is 6.33 Å². The molecule has 1 fully saturated rings. The van der Waals surface area contributed by atoms with Gasteiger partial charge in [0.2, 0.25) is 15.9 Å². The van der Waals surface area contributed by atoms with E-state index in [4.69, 9.17) is 0 Å². The molecule has 1 amide bonds. The summed E-state index contributed by atoms with van der Waals surface area (Å²) in [6.07, 6.45) is 1.62. The third-order valence-electron chi connectivity index (χ3n) is 5.13. The highest BCUT2D eigenvalue weighted by atomic mass is 32.2. The lowest BCUT2D eigenvalue weighted by atomic mass is 10.2. The normalized spacial score (nSPS) is 15.2. The number of para-hydroxylation sites is 1. The van der Waals surface area contributed by atoms with Crippen LogP contribution in [0.1, 0.15) is 5.56 Å². The smallest absolute Gasteiger partial charge is 0.243 e. The van der Waals surface area contributed by atoms with Gasteiger partial charge in [0.05, 0.1) is 10.6 Å². The van der Waals surface area contributed by atoms with Gasteiger partial charge >= 0.3 is 0 Å². The number of hydrogen-bond acceptors (Lipinski definition) is 6. The Morgan fingerprint density at radius 2 is 1.68 bits per heavy atom. The Morgan fingerprint density at radius 1 is 1.00 bits per heavy atom. The van der Waals surface area contributed by atoms with Crippen LogP contribution in [0, 0.1) is 6.92 Å². The summed E-state index contributed by atoms with van der Waals surface area (Å²) < 4.78 is 28.9. The molecule has 8 nitrogen and oxygen atoms in total. The van der Waals surface area contributed by atoms with E-state index in [2.05, 4.69) is 10.2 Å². The summed E-state index contributed by atoms with van der Waals surface area (Å²) >= 11 is 1.32. The minimum atomic E-state index is -3.54. The third-order valence-corrected chi connectivity index (χ3v) is 7.97. The number of aromatic nitrogens is 3. The molecule has 0 saturated carbocycles. The maximum absolute atomic E-state index is 12.8. The van der Waals surface area contributed by atoms with Crippen LogP contribution in [0.3, 0.4) is 0 Å². The van der Waals surface area contributed by atoms with E-state index in [1.807, 2.05) is 41.8 Å². The van der Waals surface area contributed by atoms with E-state index in [1.165, 1.54) is 16.1 Å². The van der Waals surface area contributed by atoms with Crippen LogP contribution in [-0.2, 0) is 14.8 Å². The van der Waals surface area contributed by atoms with E-state index < -0.39 is 10.0 Å². The molecule has 0 radical (unpaired) electrons. The molecule has 2 aromatic carbocycles. The Labute approximate surface area is 185 Å². The first-order valence-electron chi connectivity index (χ1n) is 9.88. The van der Waals surface area contributed by atoms with Crippen LogP contribution in [0.15, 0.2) is 71.0 Å². The second-order valence-electron chi connectivity index (χ2n) is 7.21. The summed E-state index contributed by atoms with van der Waals surface area (Å²) in [7, 11) is -3.54. The van der Waals surface area contributed by atoms with Gasteiger partial charge < -0.3 is 4.90 Å². The lowest BCUT2D eigenvalue weighted by Gasteiger charge is -2.34. The van der Waals surface area contributed by atoms with Crippen LogP contribution in [0.4, 0.5) is 0 Å². The molecule has 4 rings (SSSR count). The fourth-order valence-electron chi connectivity index (χ4n) is 3.34. The van der Waals surface area contributed by atoms with Gasteiger partial charge in [-0.05, 0) is 31.2 Å². The summed E-state index contributed by atoms with van der Waals surface area (Å²) in [5.41, 5.74) is 1.94. The van der Waals surface area contributed by atoms with Crippen LogP contribution >= 0.6 is 11.8 Å². The summed E-state index contributed by atoms with van der Waals surface area (Å²) in [6.45, 7) is 3.23. The van der Waals surface area contributed by atoms with Crippen LogP contribution < -0.4 is 0 Å². The maximum atomic E-state index is 12.8. The Morgan fingerprint density at radius 3 is 2.35 bits per heavy atom. The SMILES string of the molecule is Cc1ccc(S(=O)(=O)N2CCN(C(=O)CSc3nncn3-c3ccccc3)CC2)cc1. The topological polar surface area (TPSA) is 88.4 Å². The number of amides is 1. The van der Waals surface area contributed by atoms with E-state index in [0.717, 1.165) is 11.3 Å². The highest BCUT2D eigenvalue weighted by Crippen LogP contribution is 2.21. The van der Waals surface area contributed by atoms with Crippen molar-refractivity contribution in [3.8, 4) is 5.69 Å². The average Bonchev–Trinajstić information content (AvgIpc) is 3.27. The van der Waals surface area contributed by atoms with Crippen LogP contribution in [-0.4, -0.2) is 70.2 Å². The average molecular weight is 458 g/mol. The van der Waals surface area contributed by atoms with Crippen molar-refractivity contribution in [1.29, 1.82) is 0 Å². The maximum Gasteiger partial charge on any atom is 0.243 e. The molecule has 1 aromatic heterocycles. The van der Waals surface area contributed by atoms with Gasteiger partial charge in [-0.15, -0.1) is 10.2 Å². The Kier molecular flexibility index (Phi) is 6.40. The molecule has 0 spiro atoms. The van der Waals surface area contributed by atoms with Crippen molar-refractivity contribution in [3.63, 3.8) is 0 Å². The molecule has 0 bridgehead atoms. The molecule has 1 aliphatic heterocycles. The predicted molar refractivity (Wildman–Crippen MR) is 119 cm³/mol. The van der Waals surface area contributed by atoms with E-state index in [9.17, 15) is 13.2 Å². The number of hydrogen-bond donors (Lipinski definition) is 0. The van der Waals surface area contributed by atoms with Crippen molar-refractivity contribution in [1.82, 2.24) is 24.0 Å². The van der Waals surface area contributed by atoms with Crippen molar-refractivity contribution in [3.05, 3.63) is 66.5 Å². The molecule has 10 heteroatoms. The minimum Gasteiger partial charge on any atom is -0.339 e. The Bertz CT molecular complexity index is 1140. The first-order valence-corrected chi connectivity index (χ1v) is 12.3. The number of carbonyl (C=O) groups excluding carboxylic acids is 1. The van der Waals surface area contributed by atoms with Crippen molar-refractivity contribution < 1.29 is 13.2 Å². The van der Waals surface area contributed by atoms with Crippen LogP contribution in [0.25, 0.3) is 5.69 Å². The summed E-state index contributed by atoms with van der Waals surface area (Å²) in [6, 6.07) is 16.5. The zero-order valence-corrected chi connectivity index (χ0v) is 18.7. The molecule has 3 aromatic rings. The highest BCUT2D eigenvalue weighted by Gasteiger charge is 2.30. The first kappa shape index (κ1) is 21.5. The monoisotopic (exact) mass is 457 g/mol. The largest absolute Gasteiger partial charge is 0.339 e. The van der Waals surface area contributed by atoms with Crippen molar-refractivity contribution in [2.45, 2.75) is 17.0 Å². The number of sulfonamides is 1. The standard InChI is InChI=1S/C21H23N5O3S2/c1-17-7-9-19(10-8-17)31(28,29)25-13-11-24(12-14-25)20(27)15-30-21-23-22-16-26(21)18-5-3-2-4-6-18/h2-10,16H,11-15H2,1H3. The fraction of sp³-hybridized carbons (Fsp3) is 0.286. The molecule has 0 aliphatic carbocycles. The molecule has 1 saturated heterocycles. The molecule has 0 unspecified atom stereocenters. The summed E-state index contributed by atoms with van der Waals surface area (Å²) in [5.74, 6) is 0.177. The Hall–Kier alpha value is -2.69. The van der Waals surface area contributed by atoms with Crippen molar-refractivity contribution >= 4 is 27.7 Å².